The Hall–Kier alpha value is -1.58. The van der Waals surface area contributed by atoms with Gasteiger partial charge in [0.05, 0.1) is 12.9 Å². The second kappa shape index (κ2) is 9.51. The average molecular weight is 200 g/mol. The molecule has 0 saturated heterocycles. The molecule has 0 rings (SSSR count). The van der Waals surface area contributed by atoms with Crippen molar-refractivity contribution in [1.29, 1.82) is 0 Å². The summed E-state index contributed by atoms with van der Waals surface area (Å²) < 4.78 is 8.73. The van der Waals surface area contributed by atoms with Gasteiger partial charge in [-0.3, -0.25) is 4.79 Å². The van der Waals surface area contributed by atoms with Gasteiger partial charge in [0.15, 0.2) is 0 Å². The second-order valence-corrected chi connectivity index (χ2v) is 2.28. The van der Waals surface area contributed by atoms with Gasteiger partial charge in [0.2, 0.25) is 0 Å². The van der Waals surface area contributed by atoms with Gasteiger partial charge in [-0.1, -0.05) is 13.2 Å². The molecule has 0 aromatic heterocycles. The molecule has 0 radical (unpaired) electrons. The largest absolute Gasteiger partial charge is 0.463 e. The van der Waals surface area contributed by atoms with Gasteiger partial charge in [-0.05, 0) is 13.8 Å². The lowest BCUT2D eigenvalue weighted by Crippen LogP contribution is -2.03. The van der Waals surface area contributed by atoms with Crippen LogP contribution < -0.4 is 0 Å². The Labute approximate surface area is 84.2 Å². The van der Waals surface area contributed by atoms with Crippen molar-refractivity contribution >= 4 is 11.9 Å². The van der Waals surface area contributed by atoms with Gasteiger partial charge in [-0.15, -0.1) is 0 Å². The summed E-state index contributed by atoms with van der Waals surface area (Å²) >= 11 is 0. The molecule has 0 bridgehead atoms. The van der Waals surface area contributed by atoms with Crippen LogP contribution in [0.2, 0.25) is 0 Å². The number of hydrogen-bond donors (Lipinski definition) is 0. The second-order valence-electron chi connectivity index (χ2n) is 2.28. The zero-order chi connectivity index (χ0) is 11.6. The van der Waals surface area contributed by atoms with E-state index in [0.717, 1.165) is 6.26 Å². The summed E-state index contributed by atoms with van der Waals surface area (Å²) in [6.45, 7) is 11.7. The number of ether oxygens (including phenoxy) is 2. The standard InChI is InChI=1S/C6H10O2.C4H6O2/c1-4-8-6(7)5(2)3;1-3-6-4(2)5/h2,4H2,1,3H3;3H,1H2,2H3. The van der Waals surface area contributed by atoms with Crippen LogP contribution in [0.5, 0.6) is 0 Å². The van der Waals surface area contributed by atoms with Crippen LogP contribution in [0, 0.1) is 0 Å². The van der Waals surface area contributed by atoms with Gasteiger partial charge in [-0.2, -0.15) is 0 Å². The van der Waals surface area contributed by atoms with Crippen LogP contribution in [-0.4, -0.2) is 18.5 Å². The van der Waals surface area contributed by atoms with E-state index in [1.807, 2.05) is 0 Å². The van der Waals surface area contributed by atoms with Gasteiger partial charge < -0.3 is 9.47 Å². The summed E-state index contributed by atoms with van der Waals surface area (Å²) in [7, 11) is 0. The van der Waals surface area contributed by atoms with Crippen LogP contribution in [0.4, 0.5) is 0 Å². The fraction of sp³-hybridized carbons (Fsp3) is 0.400. The summed E-state index contributed by atoms with van der Waals surface area (Å²) in [6.07, 6.45) is 1.10. The van der Waals surface area contributed by atoms with Crippen molar-refractivity contribution < 1.29 is 19.1 Å². The number of rotatable bonds is 3. The summed E-state index contributed by atoms with van der Waals surface area (Å²) in [5, 5.41) is 0. The maximum absolute atomic E-state index is 10.4. The van der Waals surface area contributed by atoms with Crippen molar-refractivity contribution in [3.63, 3.8) is 0 Å². The molecule has 0 unspecified atom stereocenters. The predicted octanol–water partition coefficient (Wildman–Crippen LogP) is 1.82. The number of carbonyl (C=O) groups excluding carboxylic acids is 2. The van der Waals surface area contributed by atoms with Crippen molar-refractivity contribution in [3.8, 4) is 0 Å². The summed E-state index contributed by atoms with van der Waals surface area (Å²) in [4.78, 5) is 20.2. The fourth-order valence-electron chi connectivity index (χ4n) is 0.372. The lowest BCUT2D eigenvalue weighted by atomic mass is 10.4. The minimum atomic E-state index is -0.329. The van der Waals surface area contributed by atoms with Crippen LogP contribution in [0.3, 0.4) is 0 Å². The van der Waals surface area contributed by atoms with Crippen LogP contribution in [0.15, 0.2) is 25.0 Å². The van der Waals surface area contributed by atoms with Crippen LogP contribution in [-0.2, 0) is 19.1 Å². The highest BCUT2D eigenvalue weighted by Gasteiger charge is 1.98. The molecule has 0 aromatic carbocycles. The molecular formula is C10H16O4. The van der Waals surface area contributed by atoms with Crippen molar-refractivity contribution in [3.05, 3.63) is 25.0 Å². The van der Waals surface area contributed by atoms with E-state index in [1.54, 1.807) is 13.8 Å². The van der Waals surface area contributed by atoms with Gasteiger partial charge in [-0.25, -0.2) is 4.79 Å². The number of carbonyl (C=O) groups is 2. The molecule has 4 nitrogen and oxygen atoms in total. The first kappa shape index (κ1) is 14.9. The van der Waals surface area contributed by atoms with Crippen molar-refractivity contribution in [2.24, 2.45) is 0 Å². The zero-order valence-electron chi connectivity index (χ0n) is 8.83. The Morgan fingerprint density at radius 1 is 1.36 bits per heavy atom. The smallest absolute Gasteiger partial charge is 0.333 e. The third-order valence-corrected chi connectivity index (χ3v) is 0.873. The molecule has 0 heterocycles. The molecule has 0 saturated carbocycles. The third kappa shape index (κ3) is 13.0. The molecule has 14 heavy (non-hydrogen) atoms. The van der Waals surface area contributed by atoms with E-state index in [-0.39, 0.29) is 11.9 Å². The molecule has 0 aliphatic carbocycles. The van der Waals surface area contributed by atoms with Crippen molar-refractivity contribution in [2.45, 2.75) is 20.8 Å². The number of esters is 2. The Balaban J connectivity index is 0. The molecule has 0 fully saturated rings. The summed E-state index contributed by atoms with van der Waals surface area (Å²) in [6, 6.07) is 0. The van der Waals surface area contributed by atoms with Gasteiger partial charge >= 0.3 is 11.9 Å². The molecule has 0 aromatic rings. The average Bonchev–Trinajstić information content (AvgIpc) is 2.05. The third-order valence-electron chi connectivity index (χ3n) is 0.873. The van der Waals surface area contributed by atoms with E-state index < -0.39 is 0 Å². The maximum Gasteiger partial charge on any atom is 0.333 e. The topological polar surface area (TPSA) is 52.6 Å². The number of hydrogen-bond acceptors (Lipinski definition) is 4. The van der Waals surface area contributed by atoms with E-state index in [0.29, 0.717) is 12.2 Å². The van der Waals surface area contributed by atoms with Crippen LogP contribution >= 0.6 is 0 Å². The van der Waals surface area contributed by atoms with Gasteiger partial charge in [0.25, 0.3) is 0 Å². The predicted molar refractivity (Wildman–Crippen MR) is 53.4 cm³/mol. The highest BCUT2D eigenvalue weighted by molar-refractivity contribution is 5.86. The molecule has 0 atom stereocenters. The van der Waals surface area contributed by atoms with E-state index >= 15 is 0 Å². The molecule has 0 N–H and O–H groups in total. The zero-order valence-corrected chi connectivity index (χ0v) is 8.83. The first-order valence-corrected chi connectivity index (χ1v) is 4.06. The summed E-state index contributed by atoms with van der Waals surface area (Å²) in [5.74, 6) is -0.641. The van der Waals surface area contributed by atoms with E-state index in [1.165, 1.54) is 6.92 Å². The minimum Gasteiger partial charge on any atom is -0.463 e. The van der Waals surface area contributed by atoms with Crippen LogP contribution in [0.1, 0.15) is 20.8 Å². The van der Waals surface area contributed by atoms with Gasteiger partial charge in [0, 0.05) is 12.5 Å². The van der Waals surface area contributed by atoms with Crippen LogP contribution in [0.25, 0.3) is 0 Å². The molecule has 0 spiro atoms. The Kier molecular flexibility index (Phi) is 10.1. The molecular weight excluding hydrogens is 184 g/mol. The van der Waals surface area contributed by atoms with Crippen molar-refractivity contribution in [2.75, 3.05) is 6.61 Å². The first-order chi connectivity index (χ1) is 6.45. The highest BCUT2D eigenvalue weighted by Crippen LogP contribution is 1.89. The molecule has 0 aliphatic heterocycles. The monoisotopic (exact) mass is 200 g/mol. The SMILES string of the molecule is C=C(C)C(=O)OCC.C=COC(C)=O. The Bertz CT molecular complexity index is 218. The Morgan fingerprint density at radius 2 is 1.86 bits per heavy atom. The lowest BCUT2D eigenvalue weighted by molar-refractivity contribution is -0.138. The molecule has 0 aliphatic rings. The minimum absolute atomic E-state index is 0.312. The molecule has 80 valence electrons. The molecule has 4 heteroatoms. The first-order valence-electron chi connectivity index (χ1n) is 4.06. The lowest BCUT2D eigenvalue weighted by Gasteiger charge is -1.96. The maximum atomic E-state index is 10.4. The Morgan fingerprint density at radius 3 is 1.93 bits per heavy atom. The highest BCUT2D eigenvalue weighted by atomic mass is 16.5. The quantitative estimate of drug-likeness (QED) is 0.396. The van der Waals surface area contributed by atoms with Crippen molar-refractivity contribution in [1.82, 2.24) is 0 Å². The summed E-state index contributed by atoms with van der Waals surface area (Å²) in [5.41, 5.74) is 0.451. The normalized spacial score (nSPS) is 7.64. The molecule has 0 amide bonds. The fourth-order valence-corrected chi connectivity index (χ4v) is 0.372. The van der Waals surface area contributed by atoms with E-state index in [2.05, 4.69) is 22.6 Å². The van der Waals surface area contributed by atoms with E-state index in [4.69, 9.17) is 0 Å². The van der Waals surface area contributed by atoms with E-state index in [9.17, 15) is 9.59 Å². The van der Waals surface area contributed by atoms with Gasteiger partial charge in [0.1, 0.15) is 0 Å².